The van der Waals surface area contributed by atoms with Gasteiger partial charge in [-0.1, -0.05) is 72.8 Å². The van der Waals surface area contributed by atoms with Crippen molar-refractivity contribution in [1.29, 1.82) is 0 Å². The van der Waals surface area contributed by atoms with Crippen molar-refractivity contribution in [3.8, 4) is 22.3 Å². The maximum Gasteiger partial charge on any atom is 0.123 e. The summed E-state index contributed by atoms with van der Waals surface area (Å²) in [5.74, 6) is 0. The van der Waals surface area contributed by atoms with E-state index in [4.69, 9.17) is 0 Å². The third-order valence-electron chi connectivity index (χ3n) is 6.61. The minimum Gasteiger partial charge on any atom is -0.145 e. The first-order valence-electron chi connectivity index (χ1n) is 11.3. The smallest absolute Gasteiger partial charge is 0.123 e. The van der Waals surface area contributed by atoms with Crippen molar-refractivity contribution in [2.24, 2.45) is 15.5 Å². The van der Waals surface area contributed by atoms with Crippen LogP contribution in [0, 0.1) is 14.7 Å². The molecule has 6 rings (SSSR count). The molecule has 6 aromatic rings. The molecule has 0 saturated carbocycles. The largest absolute Gasteiger partial charge is 0.145 e. The number of hydrogen-bond donors (Lipinski definition) is 0. The predicted molar refractivity (Wildman–Crippen MR) is 146 cm³/mol. The second-order valence-electron chi connectivity index (χ2n) is 8.60. The average molecular weight is 467 g/mol. The van der Waals surface area contributed by atoms with Crippen LogP contribution >= 0.6 is 0 Å². The Morgan fingerprint density at radius 2 is 1.06 bits per heavy atom. The molecule has 36 heavy (non-hydrogen) atoms. The standard InChI is InChI=1S/C30H17N3O3/c34-31-28-16-18(23-14-19-5-1-3-7-24(19)29(17-23)32-35)11-12-25(28)22-10-9-21-13-20-6-2-4-8-26(20)30(33-36)27(21)15-22/h1-17H. The van der Waals surface area contributed by atoms with Crippen LogP contribution in [0.25, 0.3) is 54.6 Å². The quantitative estimate of drug-likeness (QED) is 0.187. The third kappa shape index (κ3) is 3.44. The molecule has 6 heteroatoms. The molecule has 0 atom stereocenters. The number of fused-ring (bicyclic) bond motifs is 3. The highest BCUT2D eigenvalue weighted by Gasteiger charge is 2.14. The van der Waals surface area contributed by atoms with Gasteiger partial charge < -0.3 is 0 Å². The second-order valence-corrected chi connectivity index (χ2v) is 8.60. The highest BCUT2D eigenvalue weighted by Crippen LogP contribution is 2.41. The van der Waals surface area contributed by atoms with E-state index < -0.39 is 0 Å². The van der Waals surface area contributed by atoms with E-state index in [1.54, 1.807) is 12.1 Å². The van der Waals surface area contributed by atoms with Crippen molar-refractivity contribution in [3.05, 3.63) is 118 Å². The van der Waals surface area contributed by atoms with Gasteiger partial charge in [-0.25, -0.2) is 0 Å². The summed E-state index contributed by atoms with van der Waals surface area (Å²) in [4.78, 5) is 35.2. The zero-order chi connectivity index (χ0) is 24.6. The van der Waals surface area contributed by atoms with Gasteiger partial charge in [0, 0.05) is 21.7 Å². The van der Waals surface area contributed by atoms with Gasteiger partial charge in [-0.15, -0.1) is 14.7 Å². The fraction of sp³-hybridized carbons (Fsp3) is 0. The first kappa shape index (κ1) is 21.4. The van der Waals surface area contributed by atoms with Crippen molar-refractivity contribution in [2.75, 3.05) is 0 Å². The molecule has 0 unspecified atom stereocenters. The Morgan fingerprint density at radius 3 is 1.81 bits per heavy atom. The van der Waals surface area contributed by atoms with Crippen LogP contribution in [-0.2, 0) is 0 Å². The van der Waals surface area contributed by atoms with Gasteiger partial charge in [-0.05, 0) is 78.7 Å². The van der Waals surface area contributed by atoms with Crippen LogP contribution in [0.5, 0.6) is 0 Å². The number of hydrogen-bond acceptors (Lipinski definition) is 6. The molecule has 6 nitrogen and oxygen atoms in total. The van der Waals surface area contributed by atoms with Crippen LogP contribution in [-0.4, -0.2) is 0 Å². The van der Waals surface area contributed by atoms with E-state index in [2.05, 4.69) is 15.5 Å². The van der Waals surface area contributed by atoms with Crippen molar-refractivity contribution < 1.29 is 0 Å². The van der Waals surface area contributed by atoms with Crippen LogP contribution < -0.4 is 0 Å². The van der Waals surface area contributed by atoms with Gasteiger partial charge in [0.25, 0.3) is 0 Å². The van der Waals surface area contributed by atoms with Crippen molar-refractivity contribution in [1.82, 2.24) is 0 Å². The van der Waals surface area contributed by atoms with Gasteiger partial charge in [-0.3, -0.25) is 0 Å². The van der Waals surface area contributed by atoms with Crippen molar-refractivity contribution >= 4 is 49.4 Å². The van der Waals surface area contributed by atoms with E-state index in [-0.39, 0.29) is 5.69 Å². The van der Waals surface area contributed by atoms with E-state index in [1.807, 2.05) is 91.0 Å². The number of nitroso groups, excluding NO2 is 3. The number of benzene rings is 6. The molecule has 0 amide bonds. The van der Waals surface area contributed by atoms with E-state index >= 15 is 0 Å². The zero-order valence-electron chi connectivity index (χ0n) is 18.9. The van der Waals surface area contributed by atoms with Crippen LogP contribution in [0.15, 0.2) is 119 Å². The van der Waals surface area contributed by atoms with Gasteiger partial charge >= 0.3 is 0 Å². The summed E-state index contributed by atoms with van der Waals surface area (Å²) in [6.45, 7) is 0. The molecule has 0 N–H and O–H groups in total. The normalized spacial score (nSPS) is 11.1. The number of rotatable bonds is 5. The summed E-state index contributed by atoms with van der Waals surface area (Å²) in [7, 11) is 0. The van der Waals surface area contributed by atoms with E-state index in [0.717, 1.165) is 43.6 Å². The van der Waals surface area contributed by atoms with Crippen LogP contribution in [0.4, 0.5) is 17.1 Å². The van der Waals surface area contributed by atoms with Crippen LogP contribution in [0.1, 0.15) is 0 Å². The lowest BCUT2D eigenvalue weighted by Crippen LogP contribution is -1.85. The van der Waals surface area contributed by atoms with Gasteiger partial charge in [0.1, 0.15) is 17.1 Å². The third-order valence-corrected chi connectivity index (χ3v) is 6.61. The zero-order valence-corrected chi connectivity index (χ0v) is 18.9. The Bertz CT molecular complexity index is 1860. The van der Waals surface area contributed by atoms with Gasteiger partial charge in [0.2, 0.25) is 0 Å². The molecular weight excluding hydrogens is 450 g/mol. The average Bonchev–Trinajstić information content (AvgIpc) is 2.94. The predicted octanol–water partition coefficient (Wildman–Crippen LogP) is 9.67. The Kier molecular flexibility index (Phi) is 5.12. The lowest BCUT2D eigenvalue weighted by molar-refractivity contribution is 1.48. The minimum absolute atomic E-state index is 0.252. The van der Waals surface area contributed by atoms with Crippen LogP contribution in [0.2, 0.25) is 0 Å². The molecule has 0 heterocycles. The molecule has 6 aromatic carbocycles. The fourth-order valence-corrected chi connectivity index (χ4v) is 4.87. The molecule has 0 aromatic heterocycles. The molecule has 0 aliphatic rings. The van der Waals surface area contributed by atoms with Crippen molar-refractivity contribution in [2.45, 2.75) is 0 Å². The summed E-state index contributed by atoms with van der Waals surface area (Å²) in [6, 6.07) is 31.9. The molecule has 0 aliphatic heterocycles. The molecule has 0 spiro atoms. The summed E-state index contributed by atoms with van der Waals surface area (Å²) < 4.78 is 0. The molecular formula is C30H17N3O3. The molecule has 0 bridgehead atoms. The van der Waals surface area contributed by atoms with Gasteiger partial charge in [0.15, 0.2) is 0 Å². The first-order chi connectivity index (χ1) is 17.7. The summed E-state index contributed by atoms with van der Waals surface area (Å²) >= 11 is 0. The second kappa shape index (κ2) is 8.60. The summed E-state index contributed by atoms with van der Waals surface area (Å²) in [5, 5.41) is 14.8. The lowest BCUT2D eigenvalue weighted by Gasteiger charge is -2.11. The maximum absolute atomic E-state index is 11.9. The van der Waals surface area contributed by atoms with E-state index in [9.17, 15) is 14.7 Å². The Labute approximate surface area is 205 Å². The first-order valence-corrected chi connectivity index (χ1v) is 11.3. The highest BCUT2D eigenvalue weighted by molar-refractivity contribution is 6.11. The fourth-order valence-electron chi connectivity index (χ4n) is 4.87. The number of nitrogens with zero attached hydrogens (tertiary/aromatic N) is 3. The monoisotopic (exact) mass is 467 g/mol. The Hall–Kier alpha value is -5.10. The maximum atomic E-state index is 11.9. The minimum atomic E-state index is 0.252. The topological polar surface area (TPSA) is 88.3 Å². The molecule has 170 valence electrons. The Morgan fingerprint density at radius 1 is 0.417 bits per heavy atom. The van der Waals surface area contributed by atoms with Crippen molar-refractivity contribution in [3.63, 3.8) is 0 Å². The van der Waals surface area contributed by atoms with Crippen LogP contribution in [0.3, 0.4) is 0 Å². The highest BCUT2D eigenvalue weighted by atomic mass is 16.3. The molecule has 0 aliphatic carbocycles. The Balaban J connectivity index is 1.51. The van der Waals surface area contributed by atoms with E-state index in [0.29, 0.717) is 22.3 Å². The summed E-state index contributed by atoms with van der Waals surface area (Å²) in [5.41, 5.74) is 3.84. The SMILES string of the molecule is O=Nc1cc(-c2cc(N=O)c3ccccc3c2)ccc1-c1ccc2cc3ccccc3c(N=O)c2c1. The summed E-state index contributed by atoms with van der Waals surface area (Å²) in [6.07, 6.45) is 0. The molecule has 0 radical (unpaired) electrons. The molecule has 0 saturated heterocycles. The van der Waals surface area contributed by atoms with Gasteiger partial charge in [-0.2, -0.15) is 0 Å². The lowest BCUT2D eigenvalue weighted by atomic mass is 9.94. The molecule has 0 fully saturated rings. The van der Waals surface area contributed by atoms with E-state index in [1.165, 1.54) is 0 Å². The van der Waals surface area contributed by atoms with Gasteiger partial charge in [0.05, 0.1) is 0 Å².